The molecule has 0 heterocycles. The summed E-state index contributed by atoms with van der Waals surface area (Å²) in [4.78, 5) is 0. The molecule has 12 heavy (non-hydrogen) atoms. The second-order valence-corrected chi connectivity index (χ2v) is 4.27. The van der Waals surface area contributed by atoms with Gasteiger partial charge in [-0.1, -0.05) is 0 Å². The first kappa shape index (κ1) is 8.31. The third kappa shape index (κ3) is 0.835. The fraction of sp³-hybridized carbons (Fsp3) is 1.00. The monoisotopic (exact) mass is 180 g/mol. The van der Waals surface area contributed by atoms with Crippen LogP contribution in [0.1, 0.15) is 19.3 Å². The van der Waals surface area contributed by atoms with Gasteiger partial charge in [-0.3, -0.25) is 0 Å². The largest absolute Gasteiger partial charge is 0.404 e. The lowest BCUT2D eigenvalue weighted by Gasteiger charge is -2.71. The van der Waals surface area contributed by atoms with Gasteiger partial charge in [-0.05, 0) is 24.7 Å². The number of hydrogen-bond donors (Lipinski definition) is 2. The molecule has 3 saturated carbocycles. The van der Waals surface area contributed by atoms with Crippen molar-refractivity contribution in [3.05, 3.63) is 0 Å². The van der Waals surface area contributed by atoms with E-state index >= 15 is 0 Å². The highest BCUT2D eigenvalue weighted by atomic mass is 19.4. The van der Waals surface area contributed by atoms with Crippen LogP contribution < -0.4 is 11.5 Å². The van der Waals surface area contributed by atoms with Crippen LogP contribution in [-0.4, -0.2) is 17.8 Å². The minimum atomic E-state index is -4.26. The van der Waals surface area contributed by atoms with Crippen LogP contribution in [0.3, 0.4) is 0 Å². The predicted molar refractivity (Wildman–Crippen MR) is 37.2 cm³/mol. The molecule has 2 bridgehead atoms. The lowest BCUT2D eigenvalue weighted by Crippen LogP contribution is -2.79. The zero-order valence-electron chi connectivity index (χ0n) is 6.49. The highest BCUT2D eigenvalue weighted by Gasteiger charge is 2.72. The van der Waals surface area contributed by atoms with Gasteiger partial charge in [-0.15, -0.1) is 0 Å². The van der Waals surface area contributed by atoms with Crippen molar-refractivity contribution in [2.75, 3.05) is 0 Å². The van der Waals surface area contributed by atoms with Gasteiger partial charge in [-0.25, -0.2) is 0 Å². The fourth-order valence-corrected chi connectivity index (χ4v) is 2.63. The Bertz CT molecular complexity index is 203. The van der Waals surface area contributed by atoms with Crippen molar-refractivity contribution >= 4 is 0 Å². The van der Waals surface area contributed by atoms with Crippen LogP contribution in [0.2, 0.25) is 0 Å². The molecule has 4 N–H and O–H groups in total. The molecule has 2 nitrogen and oxygen atoms in total. The average molecular weight is 180 g/mol. The molecule has 0 aliphatic heterocycles. The van der Waals surface area contributed by atoms with Crippen LogP contribution in [0.4, 0.5) is 13.2 Å². The van der Waals surface area contributed by atoms with Crippen molar-refractivity contribution in [2.24, 2.45) is 16.9 Å². The lowest BCUT2D eigenvalue weighted by atomic mass is 9.37. The van der Waals surface area contributed by atoms with E-state index in [4.69, 9.17) is 11.5 Å². The van der Waals surface area contributed by atoms with Crippen molar-refractivity contribution in [3.63, 3.8) is 0 Å². The first-order valence-electron chi connectivity index (χ1n) is 3.89. The van der Waals surface area contributed by atoms with Crippen molar-refractivity contribution in [3.8, 4) is 0 Å². The van der Waals surface area contributed by atoms with E-state index in [-0.39, 0.29) is 5.54 Å². The maximum absolute atomic E-state index is 12.1. The highest BCUT2D eigenvalue weighted by molar-refractivity contribution is 5.25. The normalized spacial score (nSPS) is 47.8. The Balaban J connectivity index is 2.04. The Labute approximate surface area is 68.1 Å². The molecule has 0 saturated heterocycles. The van der Waals surface area contributed by atoms with E-state index in [2.05, 4.69) is 0 Å². The maximum atomic E-state index is 12.1. The smallest absolute Gasteiger partial charge is 0.325 e. The first-order chi connectivity index (χ1) is 5.28. The summed E-state index contributed by atoms with van der Waals surface area (Å²) < 4.78 is 36.4. The molecule has 0 radical (unpaired) electrons. The Morgan fingerprint density at radius 3 is 1.83 bits per heavy atom. The van der Waals surface area contributed by atoms with E-state index in [1.165, 1.54) is 0 Å². The highest BCUT2D eigenvalue weighted by Crippen LogP contribution is 2.68. The SMILES string of the molecule is NC(C(F)(F)F)C12CC(N)(C1)C2. The molecule has 70 valence electrons. The number of hydrogen-bond acceptors (Lipinski definition) is 2. The van der Waals surface area contributed by atoms with Gasteiger partial charge in [-0.2, -0.15) is 13.2 Å². The van der Waals surface area contributed by atoms with Gasteiger partial charge in [0, 0.05) is 5.54 Å². The Morgan fingerprint density at radius 2 is 1.58 bits per heavy atom. The third-order valence-corrected chi connectivity index (χ3v) is 3.12. The molecule has 1 atom stereocenters. The molecule has 1 unspecified atom stereocenters. The summed E-state index contributed by atoms with van der Waals surface area (Å²) in [5, 5.41) is 0. The number of alkyl halides is 3. The summed E-state index contributed by atoms with van der Waals surface area (Å²) in [6, 6.07) is -1.67. The van der Waals surface area contributed by atoms with Crippen molar-refractivity contribution in [2.45, 2.75) is 37.0 Å². The van der Waals surface area contributed by atoms with Crippen LogP contribution in [-0.2, 0) is 0 Å². The zero-order chi connectivity index (χ0) is 9.20. The molecular weight excluding hydrogens is 169 g/mol. The molecule has 0 spiro atoms. The fourth-order valence-electron chi connectivity index (χ4n) is 2.63. The summed E-state index contributed by atoms with van der Waals surface area (Å²) in [5.41, 5.74) is 9.73. The van der Waals surface area contributed by atoms with Crippen LogP contribution in [0.25, 0.3) is 0 Å². The van der Waals surface area contributed by atoms with Crippen LogP contribution in [0.15, 0.2) is 0 Å². The van der Waals surface area contributed by atoms with E-state index in [9.17, 15) is 13.2 Å². The first-order valence-corrected chi connectivity index (χ1v) is 3.89. The standard InChI is InChI=1S/C7H11F3N2/c8-7(9,10)4(11)5-1-6(12,2-5)3-5/h4H,1-3,11-12H2. The number of halogens is 3. The molecule has 0 aromatic heterocycles. The Hall–Kier alpha value is -0.290. The average Bonchev–Trinajstić information content (AvgIpc) is 1.75. The molecule has 0 aromatic carbocycles. The second-order valence-electron chi connectivity index (χ2n) is 4.27. The summed E-state index contributed by atoms with van der Waals surface area (Å²) >= 11 is 0. The second kappa shape index (κ2) is 1.80. The molecule has 0 aromatic rings. The number of nitrogens with two attached hydrogens (primary N) is 2. The summed E-state index contributed by atoms with van der Waals surface area (Å²) in [6.45, 7) is 0. The molecule has 5 heteroatoms. The third-order valence-electron chi connectivity index (χ3n) is 3.12. The van der Waals surface area contributed by atoms with Crippen molar-refractivity contribution in [1.82, 2.24) is 0 Å². The van der Waals surface area contributed by atoms with E-state index in [1.807, 2.05) is 0 Å². The molecular formula is C7H11F3N2. The lowest BCUT2D eigenvalue weighted by molar-refractivity contribution is -0.244. The van der Waals surface area contributed by atoms with Crippen molar-refractivity contribution < 1.29 is 13.2 Å². The minimum absolute atomic E-state index is 0.303. The molecule has 3 rings (SSSR count). The van der Waals surface area contributed by atoms with E-state index < -0.39 is 17.6 Å². The molecule has 3 aliphatic carbocycles. The van der Waals surface area contributed by atoms with Crippen LogP contribution in [0, 0.1) is 5.41 Å². The topological polar surface area (TPSA) is 52.0 Å². The van der Waals surface area contributed by atoms with Gasteiger partial charge in [0.05, 0.1) is 0 Å². The van der Waals surface area contributed by atoms with Gasteiger partial charge in [0.2, 0.25) is 0 Å². The van der Waals surface area contributed by atoms with Gasteiger partial charge in [0.1, 0.15) is 6.04 Å². The van der Waals surface area contributed by atoms with Gasteiger partial charge >= 0.3 is 6.18 Å². The van der Waals surface area contributed by atoms with Crippen molar-refractivity contribution in [1.29, 1.82) is 0 Å². The predicted octanol–water partition coefficient (Wildman–Crippen LogP) is 0.757. The Morgan fingerprint density at radius 1 is 1.17 bits per heavy atom. The van der Waals surface area contributed by atoms with Crippen LogP contribution >= 0.6 is 0 Å². The molecule has 3 fully saturated rings. The van der Waals surface area contributed by atoms with Gasteiger partial charge in [0.25, 0.3) is 0 Å². The quantitative estimate of drug-likeness (QED) is 0.625. The maximum Gasteiger partial charge on any atom is 0.404 e. The number of rotatable bonds is 1. The van der Waals surface area contributed by atoms with E-state index in [0.717, 1.165) is 0 Å². The van der Waals surface area contributed by atoms with Crippen LogP contribution in [0.5, 0.6) is 0 Å². The Kier molecular flexibility index (Phi) is 1.24. The zero-order valence-corrected chi connectivity index (χ0v) is 6.49. The van der Waals surface area contributed by atoms with E-state index in [0.29, 0.717) is 19.3 Å². The van der Waals surface area contributed by atoms with E-state index in [1.54, 1.807) is 0 Å². The summed E-state index contributed by atoms with van der Waals surface area (Å²) in [7, 11) is 0. The van der Waals surface area contributed by atoms with Gasteiger partial charge in [0.15, 0.2) is 0 Å². The molecule has 3 aliphatic rings. The molecule has 0 amide bonds. The summed E-state index contributed by atoms with van der Waals surface area (Å²) in [6.07, 6.45) is -2.93. The minimum Gasteiger partial charge on any atom is -0.325 e. The van der Waals surface area contributed by atoms with Gasteiger partial charge < -0.3 is 11.5 Å². The summed E-state index contributed by atoms with van der Waals surface area (Å²) in [5.74, 6) is 0.